The van der Waals surface area contributed by atoms with Crippen LogP contribution in [-0.4, -0.2) is 37.6 Å². The van der Waals surface area contributed by atoms with Gasteiger partial charge in [0, 0.05) is 30.2 Å². The number of carbonyl (C=O) groups is 1. The van der Waals surface area contributed by atoms with Gasteiger partial charge < -0.3 is 9.64 Å². The van der Waals surface area contributed by atoms with E-state index in [1.165, 1.54) is 0 Å². The van der Waals surface area contributed by atoms with E-state index in [0.717, 1.165) is 30.4 Å². The third-order valence-corrected chi connectivity index (χ3v) is 4.61. The molecule has 0 N–H and O–H groups in total. The third-order valence-electron chi connectivity index (χ3n) is 3.38. The second-order valence-corrected chi connectivity index (χ2v) is 6.11. The van der Waals surface area contributed by atoms with Gasteiger partial charge in [-0.3, -0.25) is 4.79 Å². The highest BCUT2D eigenvalue weighted by Gasteiger charge is 2.24. The zero-order chi connectivity index (χ0) is 13.8. The summed E-state index contributed by atoms with van der Waals surface area (Å²) in [5.74, 6) is 0.490. The molecule has 0 bridgehead atoms. The molecule has 1 atom stereocenters. The van der Waals surface area contributed by atoms with Crippen molar-refractivity contribution in [2.45, 2.75) is 12.8 Å². The van der Waals surface area contributed by atoms with Gasteiger partial charge in [0.05, 0.1) is 11.6 Å². The molecular formula is C14H17BrClNO2. The number of likely N-dealkylation sites (tertiary alicyclic amines) is 1. The van der Waals surface area contributed by atoms with Gasteiger partial charge in [-0.15, -0.1) is 0 Å². The van der Waals surface area contributed by atoms with E-state index in [2.05, 4.69) is 15.9 Å². The Morgan fingerprint density at radius 1 is 1.58 bits per heavy atom. The number of hydrogen-bond donors (Lipinski definition) is 0. The second-order valence-electron chi connectivity index (χ2n) is 4.84. The average Bonchev–Trinajstić information content (AvgIpc) is 2.42. The van der Waals surface area contributed by atoms with Crippen LogP contribution in [0.2, 0.25) is 5.02 Å². The van der Waals surface area contributed by atoms with Gasteiger partial charge in [-0.1, -0.05) is 11.6 Å². The van der Waals surface area contributed by atoms with E-state index in [1.54, 1.807) is 19.2 Å². The largest absolute Gasteiger partial charge is 0.384 e. The number of rotatable bonds is 3. The number of amides is 1. The molecule has 1 heterocycles. The summed E-state index contributed by atoms with van der Waals surface area (Å²) in [7, 11) is 1.70. The maximum atomic E-state index is 12.4. The predicted octanol–water partition coefficient (Wildman–Crippen LogP) is 3.60. The average molecular weight is 347 g/mol. The van der Waals surface area contributed by atoms with Gasteiger partial charge in [-0.25, -0.2) is 0 Å². The first kappa shape index (κ1) is 14.8. The number of halogens is 2. The lowest BCUT2D eigenvalue weighted by Gasteiger charge is -2.32. The van der Waals surface area contributed by atoms with Crippen molar-refractivity contribution in [2.24, 2.45) is 5.92 Å². The lowest BCUT2D eigenvalue weighted by atomic mass is 9.98. The van der Waals surface area contributed by atoms with Crippen LogP contribution in [0.1, 0.15) is 23.2 Å². The van der Waals surface area contributed by atoms with Crippen LogP contribution >= 0.6 is 27.5 Å². The number of methoxy groups -OCH3 is 1. The van der Waals surface area contributed by atoms with Crippen LogP contribution in [0.4, 0.5) is 0 Å². The minimum absolute atomic E-state index is 0.0511. The van der Waals surface area contributed by atoms with Gasteiger partial charge in [0.2, 0.25) is 0 Å². The molecule has 3 nitrogen and oxygen atoms in total. The smallest absolute Gasteiger partial charge is 0.253 e. The van der Waals surface area contributed by atoms with Gasteiger partial charge in [0.1, 0.15) is 0 Å². The van der Waals surface area contributed by atoms with Crippen molar-refractivity contribution in [3.05, 3.63) is 33.3 Å². The van der Waals surface area contributed by atoms with Crippen LogP contribution in [0.15, 0.2) is 22.7 Å². The first-order valence-electron chi connectivity index (χ1n) is 6.35. The number of hydrogen-bond acceptors (Lipinski definition) is 2. The Hall–Kier alpha value is -0.580. The molecule has 2 rings (SSSR count). The Bertz CT molecular complexity index is 465. The Morgan fingerprint density at radius 3 is 3.05 bits per heavy atom. The minimum atomic E-state index is 0.0511. The zero-order valence-electron chi connectivity index (χ0n) is 10.9. The summed E-state index contributed by atoms with van der Waals surface area (Å²) < 4.78 is 5.99. The van der Waals surface area contributed by atoms with E-state index >= 15 is 0 Å². The first-order valence-corrected chi connectivity index (χ1v) is 7.52. The number of piperidine rings is 1. The van der Waals surface area contributed by atoms with Crippen LogP contribution in [0.25, 0.3) is 0 Å². The van der Waals surface area contributed by atoms with Crippen LogP contribution < -0.4 is 0 Å². The molecule has 0 aliphatic carbocycles. The highest BCUT2D eigenvalue weighted by Crippen LogP contribution is 2.25. The van der Waals surface area contributed by atoms with Crippen molar-refractivity contribution in [1.82, 2.24) is 4.90 Å². The van der Waals surface area contributed by atoms with Crippen LogP contribution in [0, 0.1) is 5.92 Å². The summed E-state index contributed by atoms with van der Waals surface area (Å²) in [4.78, 5) is 14.3. The first-order chi connectivity index (χ1) is 9.11. The second kappa shape index (κ2) is 6.73. The highest BCUT2D eigenvalue weighted by atomic mass is 79.9. The molecule has 104 valence electrons. The summed E-state index contributed by atoms with van der Waals surface area (Å²) in [6.07, 6.45) is 2.16. The number of ether oxygens (including phenoxy) is 1. The molecule has 1 aliphatic heterocycles. The van der Waals surface area contributed by atoms with Crippen LogP contribution in [0.3, 0.4) is 0 Å². The molecule has 1 aromatic rings. The lowest BCUT2D eigenvalue weighted by molar-refractivity contribution is 0.0571. The molecule has 0 saturated carbocycles. The molecule has 1 aromatic carbocycles. The molecule has 0 radical (unpaired) electrons. The van der Waals surface area contributed by atoms with Gasteiger partial charge >= 0.3 is 0 Å². The summed E-state index contributed by atoms with van der Waals surface area (Å²) in [5.41, 5.74) is 0.645. The fraction of sp³-hybridized carbons (Fsp3) is 0.500. The summed E-state index contributed by atoms with van der Waals surface area (Å²) in [6.45, 7) is 2.29. The zero-order valence-corrected chi connectivity index (χ0v) is 13.2. The van der Waals surface area contributed by atoms with Crippen molar-refractivity contribution in [3.63, 3.8) is 0 Å². The minimum Gasteiger partial charge on any atom is -0.384 e. The third kappa shape index (κ3) is 3.71. The summed E-state index contributed by atoms with van der Waals surface area (Å²) in [6, 6.07) is 5.33. The van der Waals surface area contributed by atoms with Crippen LogP contribution in [0.5, 0.6) is 0 Å². The van der Waals surface area contributed by atoms with Crippen molar-refractivity contribution in [3.8, 4) is 0 Å². The Kier molecular flexibility index (Phi) is 5.25. The van der Waals surface area contributed by atoms with E-state index in [1.807, 2.05) is 11.0 Å². The molecule has 1 saturated heterocycles. The number of benzene rings is 1. The molecule has 1 fully saturated rings. The van der Waals surface area contributed by atoms with Crippen molar-refractivity contribution >= 4 is 33.4 Å². The lowest BCUT2D eigenvalue weighted by Crippen LogP contribution is -2.41. The van der Waals surface area contributed by atoms with E-state index in [4.69, 9.17) is 16.3 Å². The van der Waals surface area contributed by atoms with Gasteiger partial charge in [0.25, 0.3) is 5.91 Å². The van der Waals surface area contributed by atoms with Crippen molar-refractivity contribution in [2.75, 3.05) is 26.8 Å². The maximum absolute atomic E-state index is 12.4. The van der Waals surface area contributed by atoms with Crippen molar-refractivity contribution < 1.29 is 9.53 Å². The van der Waals surface area contributed by atoms with Gasteiger partial charge in [-0.2, -0.15) is 0 Å². The molecular weight excluding hydrogens is 330 g/mol. The number of nitrogens with zero attached hydrogens (tertiary/aromatic N) is 1. The monoisotopic (exact) mass is 345 g/mol. The predicted molar refractivity (Wildman–Crippen MR) is 79.7 cm³/mol. The van der Waals surface area contributed by atoms with E-state index < -0.39 is 0 Å². The van der Waals surface area contributed by atoms with Crippen LogP contribution in [-0.2, 0) is 4.74 Å². The quantitative estimate of drug-likeness (QED) is 0.837. The summed E-state index contributed by atoms with van der Waals surface area (Å²) >= 11 is 9.37. The standard InChI is InChI=1S/C14H17BrClNO2/c1-19-9-10-3-2-6-17(8-10)14(18)11-4-5-12(15)13(16)7-11/h4-5,7,10H,2-3,6,8-9H2,1H3. The Labute approximate surface area is 127 Å². The van der Waals surface area contributed by atoms with Crippen molar-refractivity contribution in [1.29, 1.82) is 0 Å². The Morgan fingerprint density at radius 2 is 2.37 bits per heavy atom. The molecule has 19 heavy (non-hydrogen) atoms. The Balaban J connectivity index is 2.08. The van der Waals surface area contributed by atoms with Gasteiger partial charge in [-0.05, 0) is 52.9 Å². The molecule has 0 spiro atoms. The molecule has 5 heteroatoms. The maximum Gasteiger partial charge on any atom is 0.253 e. The van der Waals surface area contributed by atoms with E-state index in [0.29, 0.717) is 23.1 Å². The summed E-state index contributed by atoms with van der Waals surface area (Å²) in [5, 5.41) is 0.566. The molecule has 1 aliphatic rings. The fourth-order valence-electron chi connectivity index (χ4n) is 2.43. The van der Waals surface area contributed by atoms with Gasteiger partial charge in [0.15, 0.2) is 0 Å². The normalized spacial score (nSPS) is 19.5. The molecule has 1 unspecified atom stereocenters. The fourth-order valence-corrected chi connectivity index (χ4v) is 2.86. The van der Waals surface area contributed by atoms with E-state index in [-0.39, 0.29) is 5.91 Å². The highest BCUT2D eigenvalue weighted by molar-refractivity contribution is 9.10. The molecule has 1 amide bonds. The number of carbonyl (C=O) groups excluding carboxylic acids is 1. The van der Waals surface area contributed by atoms with E-state index in [9.17, 15) is 4.79 Å². The molecule has 0 aromatic heterocycles. The SMILES string of the molecule is COCC1CCCN(C(=O)c2ccc(Br)c(Cl)c2)C1. The topological polar surface area (TPSA) is 29.5 Å².